The number of carbonyl (C=O) groups excluding carboxylic acids is 2. The van der Waals surface area contributed by atoms with E-state index in [0.29, 0.717) is 17.0 Å². The Hall–Kier alpha value is -3.60. The van der Waals surface area contributed by atoms with Crippen LogP contribution in [0.4, 0.5) is 11.4 Å². The standard InChI is InChI=1S/C24H24N2O3/c1-16-9-14-22(17(2)15-16)26-24(28)19-10-12-21(13-11-19)29-18(3)23(27)25-20-7-5-4-6-8-20/h4-15,18H,1-3H3,(H,25,27)(H,26,28)/t18-/m0/s1. The van der Waals surface area contributed by atoms with Crippen molar-refractivity contribution in [3.05, 3.63) is 89.5 Å². The van der Waals surface area contributed by atoms with Crippen LogP contribution in [-0.2, 0) is 4.79 Å². The molecule has 0 bridgehead atoms. The molecule has 0 spiro atoms. The van der Waals surface area contributed by atoms with E-state index in [1.807, 2.05) is 62.4 Å². The molecule has 0 aromatic heterocycles. The Morgan fingerprint density at radius 2 is 1.55 bits per heavy atom. The SMILES string of the molecule is Cc1ccc(NC(=O)c2ccc(O[C@@H](C)C(=O)Nc3ccccc3)cc2)c(C)c1. The van der Waals surface area contributed by atoms with Crippen LogP contribution in [-0.4, -0.2) is 17.9 Å². The van der Waals surface area contributed by atoms with Crippen molar-refractivity contribution in [3.63, 3.8) is 0 Å². The zero-order chi connectivity index (χ0) is 20.8. The Labute approximate surface area is 170 Å². The van der Waals surface area contributed by atoms with Gasteiger partial charge in [-0.1, -0.05) is 35.9 Å². The highest BCUT2D eigenvalue weighted by atomic mass is 16.5. The number of hydrogen-bond donors (Lipinski definition) is 2. The van der Waals surface area contributed by atoms with Crippen molar-refractivity contribution in [2.75, 3.05) is 10.6 Å². The highest BCUT2D eigenvalue weighted by Gasteiger charge is 2.15. The fraction of sp³-hybridized carbons (Fsp3) is 0.167. The van der Waals surface area contributed by atoms with Crippen LogP contribution in [0.15, 0.2) is 72.8 Å². The zero-order valence-corrected chi connectivity index (χ0v) is 16.7. The molecule has 5 heteroatoms. The predicted molar refractivity (Wildman–Crippen MR) is 115 cm³/mol. The lowest BCUT2D eigenvalue weighted by Crippen LogP contribution is -2.30. The maximum atomic E-state index is 12.5. The van der Waals surface area contributed by atoms with Crippen molar-refractivity contribution < 1.29 is 14.3 Å². The monoisotopic (exact) mass is 388 g/mol. The number of ether oxygens (including phenoxy) is 1. The fourth-order valence-corrected chi connectivity index (χ4v) is 2.86. The first-order chi connectivity index (χ1) is 13.9. The minimum atomic E-state index is -0.676. The largest absolute Gasteiger partial charge is 0.481 e. The predicted octanol–water partition coefficient (Wildman–Crippen LogP) is 4.96. The smallest absolute Gasteiger partial charge is 0.265 e. The van der Waals surface area contributed by atoms with Crippen molar-refractivity contribution in [2.45, 2.75) is 26.9 Å². The van der Waals surface area contributed by atoms with Crippen molar-refractivity contribution in [1.82, 2.24) is 0 Å². The third-order valence-electron chi connectivity index (χ3n) is 4.47. The highest BCUT2D eigenvalue weighted by molar-refractivity contribution is 6.04. The lowest BCUT2D eigenvalue weighted by molar-refractivity contribution is -0.122. The molecular formula is C24H24N2O3. The van der Waals surface area contributed by atoms with Crippen LogP contribution in [0.2, 0.25) is 0 Å². The molecule has 0 saturated carbocycles. The van der Waals surface area contributed by atoms with Crippen LogP contribution >= 0.6 is 0 Å². The summed E-state index contributed by atoms with van der Waals surface area (Å²) >= 11 is 0. The van der Waals surface area contributed by atoms with E-state index in [9.17, 15) is 9.59 Å². The Balaban J connectivity index is 1.59. The van der Waals surface area contributed by atoms with Crippen LogP contribution in [0.25, 0.3) is 0 Å². The van der Waals surface area contributed by atoms with E-state index in [4.69, 9.17) is 4.74 Å². The molecule has 0 aliphatic carbocycles. The first-order valence-corrected chi connectivity index (χ1v) is 9.43. The summed E-state index contributed by atoms with van der Waals surface area (Å²) in [6, 6.07) is 21.8. The molecule has 5 nitrogen and oxygen atoms in total. The molecule has 3 rings (SSSR count). The van der Waals surface area contributed by atoms with E-state index >= 15 is 0 Å². The number of benzene rings is 3. The van der Waals surface area contributed by atoms with Gasteiger partial charge in [-0.3, -0.25) is 9.59 Å². The first kappa shape index (κ1) is 20.1. The highest BCUT2D eigenvalue weighted by Crippen LogP contribution is 2.19. The van der Waals surface area contributed by atoms with E-state index < -0.39 is 6.10 Å². The Morgan fingerprint density at radius 3 is 2.21 bits per heavy atom. The molecule has 2 amide bonds. The van der Waals surface area contributed by atoms with E-state index in [2.05, 4.69) is 10.6 Å². The number of amides is 2. The van der Waals surface area contributed by atoms with Gasteiger partial charge in [-0.25, -0.2) is 0 Å². The van der Waals surface area contributed by atoms with Crippen LogP contribution < -0.4 is 15.4 Å². The van der Waals surface area contributed by atoms with Gasteiger partial charge in [0.15, 0.2) is 6.10 Å². The number of anilines is 2. The number of para-hydroxylation sites is 1. The summed E-state index contributed by atoms with van der Waals surface area (Å²) in [4.78, 5) is 24.7. The zero-order valence-electron chi connectivity index (χ0n) is 16.7. The van der Waals surface area contributed by atoms with Crippen molar-refractivity contribution >= 4 is 23.2 Å². The third kappa shape index (κ3) is 5.45. The van der Waals surface area contributed by atoms with Crippen LogP contribution in [0.5, 0.6) is 5.75 Å². The quantitative estimate of drug-likeness (QED) is 0.627. The molecule has 0 aliphatic heterocycles. The Kier molecular flexibility index (Phi) is 6.29. The minimum Gasteiger partial charge on any atom is -0.481 e. The molecular weight excluding hydrogens is 364 g/mol. The Bertz CT molecular complexity index is 998. The van der Waals surface area contributed by atoms with Gasteiger partial charge in [-0.05, 0) is 68.8 Å². The van der Waals surface area contributed by atoms with Crippen molar-refractivity contribution in [3.8, 4) is 5.75 Å². The number of nitrogens with one attached hydrogen (secondary N) is 2. The van der Waals surface area contributed by atoms with Gasteiger partial charge in [0.1, 0.15) is 5.75 Å². The number of carbonyl (C=O) groups is 2. The molecule has 0 fully saturated rings. The van der Waals surface area contributed by atoms with E-state index in [0.717, 1.165) is 16.8 Å². The van der Waals surface area contributed by atoms with Gasteiger partial charge in [0, 0.05) is 16.9 Å². The van der Waals surface area contributed by atoms with E-state index in [1.165, 1.54) is 0 Å². The van der Waals surface area contributed by atoms with Gasteiger partial charge >= 0.3 is 0 Å². The van der Waals surface area contributed by atoms with Crippen LogP contribution in [0.3, 0.4) is 0 Å². The summed E-state index contributed by atoms with van der Waals surface area (Å²) in [5.74, 6) is 0.0787. The third-order valence-corrected chi connectivity index (χ3v) is 4.47. The van der Waals surface area contributed by atoms with Gasteiger partial charge in [-0.2, -0.15) is 0 Å². The molecule has 0 heterocycles. The van der Waals surface area contributed by atoms with E-state index in [1.54, 1.807) is 31.2 Å². The summed E-state index contributed by atoms with van der Waals surface area (Å²) in [5.41, 5.74) is 4.17. The van der Waals surface area contributed by atoms with Gasteiger partial charge in [0.25, 0.3) is 11.8 Å². The molecule has 2 N–H and O–H groups in total. The average Bonchev–Trinajstić information content (AvgIpc) is 2.71. The summed E-state index contributed by atoms with van der Waals surface area (Å²) in [5, 5.41) is 5.72. The molecule has 0 aliphatic rings. The molecule has 0 saturated heterocycles. The second-order valence-corrected chi connectivity index (χ2v) is 6.91. The normalized spacial score (nSPS) is 11.4. The van der Waals surface area contributed by atoms with Gasteiger partial charge in [0.2, 0.25) is 0 Å². The second-order valence-electron chi connectivity index (χ2n) is 6.91. The maximum Gasteiger partial charge on any atom is 0.265 e. The molecule has 0 unspecified atom stereocenters. The van der Waals surface area contributed by atoms with Gasteiger partial charge in [-0.15, -0.1) is 0 Å². The number of aryl methyl sites for hydroxylation is 2. The summed E-state index contributed by atoms with van der Waals surface area (Å²) in [6.45, 7) is 5.65. The molecule has 3 aromatic carbocycles. The van der Waals surface area contributed by atoms with Crippen molar-refractivity contribution in [2.24, 2.45) is 0 Å². The minimum absolute atomic E-state index is 0.196. The van der Waals surface area contributed by atoms with Crippen LogP contribution in [0.1, 0.15) is 28.4 Å². The number of rotatable bonds is 6. The second kappa shape index (κ2) is 9.06. The molecule has 148 valence electrons. The average molecular weight is 388 g/mol. The maximum absolute atomic E-state index is 12.5. The van der Waals surface area contributed by atoms with Gasteiger partial charge < -0.3 is 15.4 Å². The number of hydrogen-bond acceptors (Lipinski definition) is 3. The van der Waals surface area contributed by atoms with Crippen molar-refractivity contribution in [1.29, 1.82) is 0 Å². The van der Waals surface area contributed by atoms with Gasteiger partial charge in [0.05, 0.1) is 0 Å². The Morgan fingerprint density at radius 1 is 0.862 bits per heavy atom. The summed E-state index contributed by atoms with van der Waals surface area (Å²) in [7, 11) is 0. The molecule has 3 aromatic rings. The first-order valence-electron chi connectivity index (χ1n) is 9.43. The lowest BCUT2D eigenvalue weighted by atomic mass is 10.1. The van der Waals surface area contributed by atoms with E-state index in [-0.39, 0.29) is 11.8 Å². The summed E-state index contributed by atoms with van der Waals surface area (Å²) < 4.78 is 5.69. The topological polar surface area (TPSA) is 67.4 Å². The van der Waals surface area contributed by atoms with Crippen LogP contribution in [0, 0.1) is 13.8 Å². The lowest BCUT2D eigenvalue weighted by Gasteiger charge is -2.15. The fourth-order valence-electron chi connectivity index (χ4n) is 2.86. The molecule has 1 atom stereocenters. The molecule has 29 heavy (non-hydrogen) atoms. The molecule has 0 radical (unpaired) electrons. The summed E-state index contributed by atoms with van der Waals surface area (Å²) in [6.07, 6.45) is -0.676.